The van der Waals surface area contributed by atoms with Crippen molar-refractivity contribution in [2.45, 2.75) is 6.54 Å². The largest absolute Gasteiger partial charge is 0.493 e. The topological polar surface area (TPSA) is 113 Å². The number of carbonyl (C=O) groups is 1. The highest BCUT2D eigenvalue weighted by Crippen LogP contribution is 2.37. The maximum atomic E-state index is 12.5. The summed E-state index contributed by atoms with van der Waals surface area (Å²) in [5.74, 6) is 0.00631. The van der Waals surface area contributed by atoms with E-state index in [4.69, 9.17) is 25.5 Å². The van der Waals surface area contributed by atoms with E-state index in [9.17, 15) is 9.59 Å². The van der Waals surface area contributed by atoms with Crippen molar-refractivity contribution in [1.29, 1.82) is 0 Å². The fourth-order valence-electron chi connectivity index (χ4n) is 3.24. The number of aromatic nitrogens is 4. The lowest BCUT2D eigenvalue weighted by atomic mass is 10.2. The number of rotatable bonds is 7. The standard InChI is InChI=1S/C22H20ClN5O5/c1-27-15-7-5-4-6-14(15)24-21(27)25-17(29)12-28-22(30)33-18(26-28)11-9-13-8-10-16(31-2)20(32-3)19(13)23/h4-11H,12H2,1-3H3,(H,24,25,29)/b11-9+. The van der Waals surface area contributed by atoms with Gasteiger partial charge in [-0.25, -0.2) is 9.78 Å². The van der Waals surface area contributed by atoms with Gasteiger partial charge in [-0.15, -0.1) is 5.10 Å². The molecule has 0 radical (unpaired) electrons. The number of benzene rings is 2. The van der Waals surface area contributed by atoms with Gasteiger partial charge in [0.05, 0.1) is 30.3 Å². The van der Waals surface area contributed by atoms with E-state index >= 15 is 0 Å². The lowest BCUT2D eigenvalue weighted by Crippen LogP contribution is -2.26. The van der Waals surface area contributed by atoms with E-state index in [1.165, 1.54) is 20.3 Å². The number of ether oxygens (including phenoxy) is 2. The zero-order valence-corrected chi connectivity index (χ0v) is 18.8. The average molecular weight is 470 g/mol. The quantitative estimate of drug-likeness (QED) is 0.442. The van der Waals surface area contributed by atoms with Crippen molar-refractivity contribution in [1.82, 2.24) is 19.3 Å². The van der Waals surface area contributed by atoms with Gasteiger partial charge < -0.3 is 18.5 Å². The molecule has 10 nitrogen and oxygen atoms in total. The van der Waals surface area contributed by atoms with Gasteiger partial charge in [-0.2, -0.15) is 4.68 Å². The molecule has 0 aliphatic rings. The number of hydrogen-bond acceptors (Lipinski definition) is 7. The number of fused-ring (bicyclic) bond motifs is 1. The smallest absolute Gasteiger partial charge is 0.437 e. The summed E-state index contributed by atoms with van der Waals surface area (Å²) >= 11 is 6.35. The predicted molar refractivity (Wildman–Crippen MR) is 124 cm³/mol. The van der Waals surface area contributed by atoms with E-state index in [2.05, 4.69) is 15.4 Å². The van der Waals surface area contributed by atoms with Crippen LogP contribution in [0.5, 0.6) is 11.5 Å². The third-order valence-corrected chi connectivity index (χ3v) is 5.26. The second-order valence-corrected chi connectivity index (χ2v) is 7.31. The number of imidazole rings is 1. The van der Waals surface area contributed by atoms with Gasteiger partial charge in [0.25, 0.3) is 0 Å². The number of nitrogens with zero attached hydrogens (tertiary/aromatic N) is 4. The van der Waals surface area contributed by atoms with Crippen LogP contribution in [0.15, 0.2) is 45.6 Å². The molecule has 0 unspecified atom stereocenters. The number of carbonyl (C=O) groups excluding carboxylic acids is 1. The Hall–Kier alpha value is -4.05. The molecule has 1 N–H and O–H groups in total. The number of aryl methyl sites for hydroxylation is 1. The third kappa shape index (κ3) is 4.46. The maximum absolute atomic E-state index is 12.5. The summed E-state index contributed by atoms with van der Waals surface area (Å²) in [6.45, 7) is -0.337. The lowest BCUT2D eigenvalue weighted by molar-refractivity contribution is -0.117. The molecule has 2 heterocycles. The minimum absolute atomic E-state index is 0.0152. The fourth-order valence-corrected chi connectivity index (χ4v) is 3.54. The number of amides is 1. The van der Waals surface area contributed by atoms with Crippen LogP contribution in [0.1, 0.15) is 11.5 Å². The van der Waals surface area contributed by atoms with Crippen molar-refractivity contribution >= 4 is 46.6 Å². The molecule has 1 amide bonds. The number of hydrogen-bond donors (Lipinski definition) is 1. The average Bonchev–Trinajstić information content (AvgIpc) is 3.31. The molecule has 4 aromatic rings. The minimum Gasteiger partial charge on any atom is -0.493 e. The van der Waals surface area contributed by atoms with Crippen LogP contribution >= 0.6 is 11.6 Å². The Bertz CT molecular complexity index is 1420. The molecule has 0 atom stereocenters. The number of para-hydroxylation sites is 2. The summed E-state index contributed by atoms with van der Waals surface area (Å²) in [5, 5.41) is 7.06. The van der Waals surface area contributed by atoms with Gasteiger partial charge in [-0.1, -0.05) is 23.7 Å². The molecule has 0 saturated heterocycles. The first-order valence-corrected chi connectivity index (χ1v) is 10.2. The first-order valence-electron chi connectivity index (χ1n) is 9.79. The molecule has 0 saturated carbocycles. The van der Waals surface area contributed by atoms with Crippen molar-refractivity contribution in [3.63, 3.8) is 0 Å². The van der Waals surface area contributed by atoms with Crippen molar-refractivity contribution in [2.75, 3.05) is 19.5 Å². The Balaban J connectivity index is 1.49. The van der Waals surface area contributed by atoms with E-state index < -0.39 is 11.7 Å². The monoisotopic (exact) mass is 469 g/mol. The van der Waals surface area contributed by atoms with E-state index in [1.807, 2.05) is 24.3 Å². The summed E-state index contributed by atoms with van der Waals surface area (Å²) in [7, 11) is 4.78. The summed E-state index contributed by atoms with van der Waals surface area (Å²) in [6.07, 6.45) is 3.08. The van der Waals surface area contributed by atoms with E-state index in [-0.39, 0.29) is 12.4 Å². The fraction of sp³-hybridized carbons (Fsp3) is 0.182. The zero-order valence-electron chi connectivity index (χ0n) is 18.0. The highest BCUT2D eigenvalue weighted by atomic mass is 35.5. The molecule has 0 aliphatic carbocycles. The normalized spacial score (nSPS) is 11.3. The van der Waals surface area contributed by atoms with Crippen LogP contribution in [0.25, 0.3) is 23.2 Å². The first-order chi connectivity index (χ1) is 15.9. The molecule has 2 aromatic carbocycles. The summed E-state index contributed by atoms with van der Waals surface area (Å²) in [5.41, 5.74) is 2.22. The molecule has 0 bridgehead atoms. The zero-order chi connectivity index (χ0) is 23.5. The van der Waals surface area contributed by atoms with Crippen molar-refractivity contribution in [2.24, 2.45) is 7.05 Å². The van der Waals surface area contributed by atoms with Crippen LogP contribution in [0.3, 0.4) is 0 Å². The van der Waals surface area contributed by atoms with Crippen LogP contribution in [-0.2, 0) is 18.4 Å². The van der Waals surface area contributed by atoms with Crippen LogP contribution < -0.4 is 20.5 Å². The molecule has 11 heteroatoms. The lowest BCUT2D eigenvalue weighted by Gasteiger charge is -2.10. The molecule has 0 fully saturated rings. The van der Waals surface area contributed by atoms with Crippen LogP contribution in [-0.4, -0.2) is 39.5 Å². The van der Waals surface area contributed by atoms with Gasteiger partial charge in [-0.05, 0) is 35.9 Å². The Labute approximate surface area is 193 Å². The SMILES string of the molecule is COc1ccc(/C=C/c2nn(CC(=O)Nc3nc4ccccc4n3C)c(=O)o2)c(Cl)c1OC. The highest BCUT2D eigenvalue weighted by molar-refractivity contribution is 6.34. The van der Waals surface area contributed by atoms with E-state index in [1.54, 1.807) is 29.8 Å². The van der Waals surface area contributed by atoms with E-state index in [0.29, 0.717) is 28.0 Å². The van der Waals surface area contributed by atoms with Crippen molar-refractivity contribution in [3.05, 3.63) is 63.4 Å². The van der Waals surface area contributed by atoms with Crippen LogP contribution in [0, 0.1) is 0 Å². The molecular formula is C22H20ClN5O5. The summed E-state index contributed by atoms with van der Waals surface area (Å²) < 4.78 is 18.3. The Morgan fingerprint density at radius 1 is 1.18 bits per heavy atom. The van der Waals surface area contributed by atoms with Gasteiger partial charge in [0.15, 0.2) is 11.5 Å². The molecule has 33 heavy (non-hydrogen) atoms. The predicted octanol–water partition coefficient (Wildman–Crippen LogP) is 3.20. The maximum Gasteiger partial charge on any atom is 0.437 e. The number of methoxy groups -OCH3 is 2. The first kappa shape index (κ1) is 22.2. The number of anilines is 1. The highest BCUT2D eigenvalue weighted by Gasteiger charge is 2.15. The minimum atomic E-state index is -0.770. The molecule has 4 rings (SSSR count). The molecule has 170 valence electrons. The van der Waals surface area contributed by atoms with Crippen LogP contribution in [0.4, 0.5) is 5.95 Å². The van der Waals surface area contributed by atoms with Gasteiger partial charge in [-0.3, -0.25) is 10.1 Å². The van der Waals surface area contributed by atoms with Gasteiger partial charge in [0.2, 0.25) is 17.7 Å². The van der Waals surface area contributed by atoms with Crippen LogP contribution in [0.2, 0.25) is 5.02 Å². The van der Waals surface area contributed by atoms with Gasteiger partial charge in [0.1, 0.15) is 6.54 Å². The third-order valence-electron chi connectivity index (χ3n) is 4.87. The molecule has 2 aromatic heterocycles. The van der Waals surface area contributed by atoms with Crippen molar-refractivity contribution < 1.29 is 18.7 Å². The number of halogens is 1. The Morgan fingerprint density at radius 2 is 1.97 bits per heavy atom. The number of nitrogens with one attached hydrogen (secondary N) is 1. The molecule has 0 spiro atoms. The van der Waals surface area contributed by atoms with Gasteiger partial charge in [0, 0.05) is 13.1 Å². The second kappa shape index (κ2) is 9.21. The Kier molecular flexibility index (Phi) is 6.18. The van der Waals surface area contributed by atoms with E-state index in [0.717, 1.165) is 15.7 Å². The molecular weight excluding hydrogens is 450 g/mol. The Morgan fingerprint density at radius 3 is 2.70 bits per heavy atom. The van der Waals surface area contributed by atoms with Gasteiger partial charge >= 0.3 is 5.76 Å². The summed E-state index contributed by atoms with van der Waals surface area (Å²) in [6, 6.07) is 10.9. The summed E-state index contributed by atoms with van der Waals surface area (Å²) in [4.78, 5) is 29.0. The molecule has 0 aliphatic heterocycles. The van der Waals surface area contributed by atoms with Crippen molar-refractivity contribution in [3.8, 4) is 11.5 Å². The second-order valence-electron chi connectivity index (χ2n) is 6.93.